The Morgan fingerprint density at radius 2 is 2.00 bits per heavy atom. The zero-order valence-corrected chi connectivity index (χ0v) is 11.9. The smallest absolute Gasteiger partial charge is 0.226 e. The summed E-state index contributed by atoms with van der Waals surface area (Å²) in [7, 11) is 0. The van der Waals surface area contributed by atoms with Crippen molar-refractivity contribution < 1.29 is 9.21 Å². The first-order valence-corrected chi connectivity index (χ1v) is 6.45. The van der Waals surface area contributed by atoms with E-state index >= 15 is 0 Å². The molecule has 0 aliphatic rings. The molecule has 1 amide bonds. The summed E-state index contributed by atoms with van der Waals surface area (Å²) in [6, 6.07) is 7.45. The lowest BCUT2D eigenvalue weighted by Crippen LogP contribution is -2.36. The van der Waals surface area contributed by atoms with Crippen molar-refractivity contribution in [3.8, 4) is 11.3 Å². The van der Waals surface area contributed by atoms with Crippen LogP contribution >= 0.6 is 0 Å². The molecular formula is C15H19N3O2. The molecule has 1 heterocycles. The number of aryl methyl sites for hydroxylation is 1. The molecule has 0 aliphatic carbocycles. The quantitative estimate of drug-likeness (QED) is 0.897. The van der Waals surface area contributed by atoms with E-state index in [1.165, 1.54) is 0 Å². The van der Waals surface area contributed by atoms with Gasteiger partial charge in [-0.05, 0) is 26.0 Å². The molecule has 1 aromatic carbocycles. The summed E-state index contributed by atoms with van der Waals surface area (Å²) < 4.78 is 5.17. The van der Waals surface area contributed by atoms with Crippen molar-refractivity contribution in [3.05, 3.63) is 36.4 Å². The average Bonchev–Trinajstić information content (AvgIpc) is 2.74. The van der Waals surface area contributed by atoms with E-state index in [1.54, 1.807) is 13.2 Å². The van der Waals surface area contributed by atoms with Gasteiger partial charge in [0.15, 0.2) is 5.89 Å². The van der Waals surface area contributed by atoms with E-state index < -0.39 is 5.54 Å². The summed E-state index contributed by atoms with van der Waals surface area (Å²) in [5, 5.41) is 2.82. The number of carbonyl (C=O) groups is 1. The van der Waals surface area contributed by atoms with Gasteiger partial charge in [-0.15, -0.1) is 0 Å². The number of carbonyl (C=O) groups excluding carboxylic acids is 1. The maximum Gasteiger partial charge on any atom is 0.226 e. The number of hydrogen-bond donors (Lipinski definition) is 2. The van der Waals surface area contributed by atoms with Crippen molar-refractivity contribution in [2.24, 2.45) is 5.73 Å². The number of hydrogen-bond acceptors (Lipinski definition) is 4. The molecule has 0 bridgehead atoms. The SMILES string of the molecule is Cc1nc(-c2ccc(NC(=O)CC(C)(C)N)cc2)co1. The Bertz CT molecular complexity index is 594. The Balaban J connectivity index is 2.03. The number of rotatable bonds is 4. The standard InChI is InChI=1S/C15H19N3O2/c1-10-17-13(9-20-10)11-4-6-12(7-5-11)18-14(19)8-15(2,3)16/h4-7,9H,8,16H2,1-3H3,(H,18,19). The van der Waals surface area contributed by atoms with Gasteiger partial charge in [-0.3, -0.25) is 4.79 Å². The number of amides is 1. The fourth-order valence-electron chi connectivity index (χ4n) is 1.84. The summed E-state index contributed by atoms with van der Waals surface area (Å²) in [5.74, 6) is 0.532. The molecule has 0 atom stereocenters. The molecule has 0 saturated carbocycles. The Labute approximate surface area is 118 Å². The van der Waals surface area contributed by atoms with Gasteiger partial charge in [0.2, 0.25) is 5.91 Å². The summed E-state index contributed by atoms with van der Waals surface area (Å²) in [6.45, 7) is 5.44. The fourth-order valence-corrected chi connectivity index (χ4v) is 1.84. The van der Waals surface area contributed by atoms with Crippen LogP contribution in [-0.4, -0.2) is 16.4 Å². The van der Waals surface area contributed by atoms with E-state index in [1.807, 2.05) is 38.1 Å². The lowest BCUT2D eigenvalue weighted by molar-refractivity contribution is -0.117. The molecule has 2 rings (SSSR count). The number of benzene rings is 1. The molecule has 0 radical (unpaired) electrons. The normalized spacial score (nSPS) is 11.4. The van der Waals surface area contributed by atoms with Crippen LogP contribution in [0.3, 0.4) is 0 Å². The second-order valence-electron chi connectivity index (χ2n) is 5.54. The van der Waals surface area contributed by atoms with Crippen molar-refractivity contribution in [1.82, 2.24) is 4.98 Å². The number of nitrogens with one attached hydrogen (secondary N) is 1. The van der Waals surface area contributed by atoms with Crippen molar-refractivity contribution >= 4 is 11.6 Å². The second kappa shape index (κ2) is 5.46. The van der Waals surface area contributed by atoms with Gasteiger partial charge in [0.05, 0.1) is 0 Å². The first-order chi connectivity index (χ1) is 9.33. The molecule has 0 saturated heterocycles. The van der Waals surface area contributed by atoms with Crippen LogP contribution in [0.2, 0.25) is 0 Å². The first-order valence-electron chi connectivity index (χ1n) is 6.45. The molecule has 2 aromatic rings. The second-order valence-corrected chi connectivity index (χ2v) is 5.54. The summed E-state index contributed by atoms with van der Waals surface area (Å²) in [5.41, 5.74) is 7.76. The topological polar surface area (TPSA) is 81.2 Å². The Morgan fingerprint density at radius 1 is 1.35 bits per heavy atom. The highest BCUT2D eigenvalue weighted by Gasteiger charge is 2.16. The maximum atomic E-state index is 11.8. The monoisotopic (exact) mass is 273 g/mol. The Hall–Kier alpha value is -2.14. The molecule has 0 spiro atoms. The minimum atomic E-state index is -0.512. The lowest BCUT2D eigenvalue weighted by Gasteiger charge is -2.17. The number of nitrogens with two attached hydrogens (primary N) is 1. The molecule has 0 unspecified atom stereocenters. The Kier molecular flexibility index (Phi) is 3.90. The zero-order valence-electron chi connectivity index (χ0n) is 11.9. The van der Waals surface area contributed by atoms with E-state index in [9.17, 15) is 4.79 Å². The third-order valence-electron chi connectivity index (χ3n) is 2.70. The van der Waals surface area contributed by atoms with Crippen molar-refractivity contribution in [3.63, 3.8) is 0 Å². The van der Waals surface area contributed by atoms with Crippen molar-refractivity contribution in [2.75, 3.05) is 5.32 Å². The number of oxazole rings is 1. The van der Waals surface area contributed by atoms with Crippen LogP contribution in [0.15, 0.2) is 34.9 Å². The molecule has 20 heavy (non-hydrogen) atoms. The van der Waals surface area contributed by atoms with Gasteiger partial charge in [-0.1, -0.05) is 12.1 Å². The van der Waals surface area contributed by atoms with Gasteiger partial charge >= 0.3 is 0 Å². The van der Waals surface area contributed by atoms with E-state index in [4.69, 9.17) is 10.2 Å². The highest BCUT2D eigenvalue weighted by atomic mass is 16.3. The predicted molar refractivity (Wildman–Crippen MR) is 78.2 cm³/mol. The fraction of sp³-hybridized carbons (Fsp3) is 0.333. The van der Waals surface area contributed by atoms with Crippen LogP contribution in [0.25, 0.3) is 11.3 Å². The Morgan fingerprint density at radius 3 is 2.50 bits per heavy atom. The van der Waals surface area contributed by atoms with Gasteiger partial charge in [0.1, 0.15) is 12.0 Å². The number of anilines is 1. The molecule has 5 nitrogen and oxygen atoms in total. The number of aromatic nitrogens is 1. The van der Waals surface area contributed by atoms with Gasteiger partial charge in [0.25, 0.3) is 0 Å². The first kappa shape index (κ1) is 14.3. The minimum absolute atomic E-state index is 0.0949. The van der Waals surface area contributed by atoms with E-state index in [0.29, 0.717) is 5.89 Å². The summed E-state index contributed by atoms with van der Waals surface area (Å²) in [6.07, 6.45) is 1.89. The lowest BCUT2D eigenvalue weighted by atomic mass is 10.0. The van der Waals surface area contributed by atoms with Crippen LogP contribution in [0, 0.1) is 6.92 Å². The van der Waals surface area contributed by atoms with Crippen LogP contribution in [-0.2, 0) is 4.79 Å². The van der Waals surface area contributed by atoms with Crippen molar-refractivity contribution in [2.45, 2.75) is 32.7 Å². The van der Waals surface area contributed by atoms with Gasteiger partial charge < -0.3 is 15.5 Å². The minimum Gasteiger partial charge on any atom is -0.449 e. The van der Waals surface area contributed by atoms with Crippen LogP contribution in [0.4, 0.5) is 5.69 Å². The van der Waals surface area contributed by atoms with Crippen LogP contribution in [0.1, 0.15) is 26.2 Å². The third-order valence-corrected chi connectivity index (χ3v) is 2.70. The largest absolute Gasteiger partial charge is 0.449 e. The third kappa shape index (κ3) is 3.93. The average molecular weight is 273 g/mol. The van der Waals surface area contributed by atoms with E-state index in [0.717, 1.165) is 16.9 Å². The predicted octanol–water partition coefficient (Wildman–Crippen LogP) is 2.72. The molecule has 5 heteroatoms. The summed E-state index contributed by atoms with van der Waals surface area (Å²) in [4.78, 5) is 16.0. The molecule has 3 N–H and O–H groups in total. The van der Waals surface area contributed by atoms with Gasteiger partial charge in [0, 0.05) is 30.1 Å². The van der Waals surface area contributed by atoms with E-state index in [2.05, 4.69) is 10.3 Å². The highest BCUT2D eigenvalue weighted by molar-refractivity contribution is 5.91. The molecule has 0 fully saturated rings. The molecule has 1 aromatic heterocycles. The number of nitrogens with zero attached hydrogens (tertiary/aromatic N) is 1. The molecule has 106 valence electrons. The van der Waals surface area contributed by atoms with Crippen molar-refractivity contribution in [1.29, 1.82) is 0 Å². The maximum absolute atomic E-state index is 11.8. The zero-order chi connectivity index (χ0) is 14.8. The summed E-state index contributed by atoms with van der Waals surface area (Å²) >= 11 is 0. The van der Waals surface area contributed by atoms with Crippen LogP contribution in [0.5, 0.6) is 0 Å². The molecular weight excluding hydrogens is 254 g/mol. The van der Waals surface area contributed by atoms with Gasteiger partial charge in [-0.2, -0.15) is 0 Å². The van der Waals surface area contributed by atoms with E-state index in [-0.39, 0.29) is 12.3 Å². The molecule has 0 aliphatic heterocycles. The highest BCUT2D eigenvalue weighted by Crippen LogP contribution is 2.21. The van der Waals surface area contributed by atoms with Gasteiger partial charge in [-0.25, -0.2) is 4.98 Å². The van der Waals surface area contributed by atoms with Crippen LogP contribution < -0.4 is 11.1 Å².